The smallest absolute Gasteiger partial charge is 0.125 e. The van der Waals surface area contributed by atoms with Crippen LogP contribution in [0.2, 0.25) is 0 Å². The molecule has 0 bridgehead atoms. The molecule has 1 saturated carbocycles. The van der Waals surface area contributed by atoms with E-state index < -0.39 is 5.60 Å². The molecule has 1 fully saturated rings. The fourth-order valence-electron chi connectivity index (χ4n) is 3.04. The summed E-state index contributed by atoms with van der Waals surface area (Å²) in [6.07, 6.45) is 5.86. The highest BCUT2D eigenvalue weighted by atomic mass is 79.9. The Balaban J connectivity index is 1.92. The molecule has 0 saturated heterocycles. The molecule has 0 unspecified atom stereocenters. The van der Waals surface area contributed by atoms with Crippen LogP contribution in [-0.4, -0.2) is 17.3 Å². The van der Waals surface area contributed by atoms with Gasteiger partial charge in [-0.3, -0.25) is 0 Å². The van der Waals surface area contributed by atoms with E-state index in [0.717, 1.165) is 60.9 Å². The third-order valence-corrected chi connectivity index (χ3v) is 4.34. The van der Waals surface area contributed by atoms with Crippen molar-refractivity contribution < 1.29 is 9.84 Å². The van der Waals surface area contributed by atoms with E-state index in [9.17, 15) is 5.11 Å². The van der Waals surface area contributed by atoms with E-state index in [4.69, 9.17) is 4.74 Å². The van der Waals surface area contributed by atoms with Gasteiger partial charge in [-0.2, -0.15) is 0 Å². The molecule has 92 valence electrons. The second-order valence-electron chi connectivity index (χ2n) is 5.26. The van der Waals surface area contributed by atoms with Gasteiger partial charge in [0.25, 0.3) is 0 Å². The van der Waals surface area contributed by atoms with Gasteiger partial charge in [0, 0.05) is 17.3 Å². The minimum Gasteiger partial charge on any atom is -0.493 e. The van der Waals surface area contributed by atoms with Gasteiger partial charge in [0.05, 0.1) is 12.2 Å². The second-order valence-corrected chi connectivity index (χ2v) is 6.18. The highest BCUT2D eigenvalue weighted by Gasteiger charge is 2.33. The molecule has 2 nitrogen and oxygen atoms in total. The molecule has 0 atom stereocenters. The maximum atomic E-state index is 10.5. The van der Waals surface area contributed by atoms with E-state index in [1.807, 2.05) is 0 Å². The number of halogens is 1. The van der Waals surface area contributed by atoms with Crippen LogP contribution >= 0.6 is 15.9 Å². The van der Waals surface area contributed by atoms with E-state index in [0.29, 0.717) is 0 Å². The summed E-state index contributed by atoms with van der Waals surface area (Å²) in [5.74, 6) is 1.02. The third-order valence-electron chi connectivity index (χ3n) is 3.88. The Hall–Kier alpha value is -0.540. The minimum atomic E-state index is -0.499. The average molecular weight is 297 g/mol. The van der Waals surface area contributed by atoms with Crippen molar-refractivity contribution in [3.05, 3.63) is 27.7 Å². The van der Waals surface area contributed by atoms with E-state index in [-0.39, 0.29) is 0 Å². The zero-order valence-corrected chi connectivity index (χ0v) is 11.4. The fraction of sp³-hybridized carbons (Fsp3) is 0.571. The summed E-state index contributed by atoms with van der Waals surface area (Å²) in [6.45, 7) is 0.775. The summed E-state index contributed by atoms with van der Waals surface area (Å²) in [7, 11) is 0. The Morgan fingerprint density at radius 3 is 2.82 bits per heavy atom. The topological polar surface area (TPSA) is 29.5 Å². The number of rotatable bonds is 2. The van der Waals surface area contributed by atoms with Crippen LogP contribution < -0.4 is 4.74 Å². The molecule has 1 N–H and O–H groups in total. The molecule has 1 aromatic rings. The molecule has 1 aromatic carbocycles. The molecule has 2 aliphatic rings. The Morgan fingerprint density at radius 2 is 2.06 bits per heavy atom. The van der Waals surface area contributed by atoms with Crippen LogP contribution in [0.4, 0.5) is 0 Å². The van der Waals surface area contributed by atoms with Crippen LogP contribution in [0, 0.1) is 0 Å². The first-order chi connectivity index (χ1) is 8.16. The zero-order valence-electron chi connectivity index (χ0n) is 9.84. The van der Waals surface area contributed by atoms with Crippen molar-refractivity contribution in [1.82, 2.24) is 0 Å². The third kappa shape index (κ3) is 2.23. The van der Waals surface area contributed by atoms with Crippen LogP contribution in [-0.2, 0) is 12.8 Å². The Kier molecular flexibility index (Phi) is 2.91. The fourth-order valence-corrected chi connectivity index (χ4v) is 3.59. The molecule has 0 amide bonds. The number of hydrogen-bond donors (Lipinski definition) is 1. The Labute approximate surface area is 110 Å². The average Bonchev–Trinajstić information content (AvgIpc) is 2.86. The number of aliphatic hydroxyl groups is 1. The molecule has 0 spiro atoms. The molecule has 1 aliphatic carbocycles. The van der Waals surface area contributed by atoms with Gasteiger partial charge < -0.3 is 9.84 Å². The first-order valence-electron chi connectivity index (χ1n) is 6.33. The molecule has 1 aliphatic heterocycles. The quantitative estimate of drug-likeness (QED) is 0.908. The molecule has 17 heavy (non-hydrogen) atoms. The largest absolute Gasteiger partial charge is 0.493 e. The summed E-state index contributed by atoms with van der Waals surface area (Å²) in [5.41, 5.74) is 1.94. The molecular formula is C14H17BrO2. The van der Waals surface area contributed by atoms with Crippen molar-refractivity contribution in [2.75, 3.05) is 6.61 Å². The Bertz CT molecular complexity index is 436. The SMILES string of the molecule is OC1(Cc2cc(Br)cc3c2OCC3)CCCC1. The van der Waals surface area contributed by atoms with Crippen LogP contribution in [0.15, 0.2) is 16.6 Å². The predicted molar refractivity (Wildman–Crippen MR) is 70.5 cm³/mol. The molecule has 1 heterocycles. The molecule has 0 aromatic heterocycles. The predicted octanol–water partition coefficient (Wildman–Crippen LogP) is 3.23. The maximum absolute atomic E-state index is 10.5. The normalized spacial score (nSPS) is 21.3. The van der Waals surface area contributed by atoms with E-state index in [1.165, 1.54) is 5.56 Å². The molecule has 3 rings (SSSR count). The van der Waals surface area contributed by atoms with Crippen LogP contribution in [0.3, 0.4) is 0 Å². The lowest BCUT2D eigenvalue weighted by Crippen LogP contribution is -2.27. The minimum absolute atomic E-state index is 0.499. The van der Waals surface area contributed by atoms with Crippen LogP contribution in [0.5, 0.6) is 5.75 Å². The highest BCUT2D eigenvalue weighted by Crippen LogP contribution is 2.39. The second kappa shape index (κ2) is 4.29. The lowest BCUT2D eigenvalue weighted by molar-refractivity contribution is 0.0475. The van der Waals surface area contributed by atoms with Crippen molar-refractivity contribution >= 4 is 15.9 Å². The number of fused-ring (bicyclic) bond motifs is 1. The number of hydrogen-bond acceptors (Lipinski definition) is 2. The Morgan fingerprint density at radius 1 is 1.29 bits per heavy atom. The van der Waals surface area contributed by atoms with Crippen molar-refractivity contribution in [3.8, 4) is 5.75 Å². The van der Waals surface area contributed by atoms with Gasteiger partial charge in [-0.15, -0.1) is 0 Å². The van der Waals surface area contributed by atoms with Gasteiger partial charge in [-0.1, -0.05) is 28.8 Å². The van der Waals surface area contributed by atoms with E-state index >= 15 is 0 Å². The number of ether oxygens (including phenoxy) is 1. The van der Waals surface area contributed by atoms with Gasteiger partial charge in [-0.25, -0.2) is 0 Å². The highest BCUT2D eigenvalue weighted by molar-refractivity contribution is 9.10. The first-order valence-corrected chi connectivity index (χ1v) is 7.12. The lowest BCUT2D eigenvalue weighted by Gasteiger charge is -2.23. The van der Waals surface area contributed by atoms with Gasteiger partial charge >= 0.3 is 0 Å². The van der Waals surface area contributed by atoms with Crippen molar-refractivity contribution in [1.29, 1.82) is 0 Å². The van der Waals surface area contributed by atoms with Gasteiger partial charge in [0.15, 0.2) is 0 Å². The summed E-state index contributed by atoms with van der Waals surface area (Å²) >= 11 is 3.55. The van der Waals surface area contributed by atoms with E-state index in [1.54, 1.807) is 0 Å². The monoisotopic (exact) mass is 296 g/mol. The molecule has 3 heteroatoms. The van der Waals surface area contributed by atoms with Crippen molar-refractivity contribution in [3.63, 3.8) is 0 Å². The summed E-state index contributed by atoms with van der Waals surface area (Å²) in [6, 6.07) is 4.23. The zero-order chi connectivity index (χ0) is 11.9. The van der Waals surface area contributed by atoms with Crippen LogP contribution in [0.25, 0.3) is 0 Å². The summed E-state index contributed by atoms with van der Waals surface area (Å²) < 4.78 is 6.80. The van der Waals surface area contributed by atoms with Crippen molar-refractivity contribution in [2.24, 2.45) is 0 Å². The summed E-state index contributed by atoms with van der Waals surface area (Å²) in [4.78, 5) is 0. The van der Waals surface area contributed by atoms with Gasteiger partial charge in [0.2, 0.25) is 0 Å². The maximum Gasteiger partial charge on any atom is 0.125 e. The van der Waals surface area contributed by atoms with Crippen LogP contribution in [0.1, 0.15) is 36.8 Å². The van der Waals surface area contributed by atoms with Gasteiger partial charge in [0.1, 0.15) is 5.75 Å². The summed E-state index contributed by atoms with van der Waals surface area (Å²) in [5, 5.41) is 10.5. The number of benzene rings is 1. The molecule has 0 radical (unpaired) electrons. The van der Waals surface area contributed by atoms with Crippen molar-refractivity contribution in [2.45, 2.75) is 44.1 Å². The first kappa shape index (κ1) is 11.5. The van der Waals surface area contributed by atoms with Gasteiger partial charge in [-0.05, 0) is 36.1 Å². The standard InChI is InChI=1S/C14H17BrO2/c15-12-7-10-3-6-17-13(10)11(8-12)9-14(16)4-1-2-5-14/h7-8,16H,1-6,9H2. The lowest BCUT2D eigenvalue weighted by atomic mass is 9.91. The van der Waals surface area contributed by atoms with E-state index in [2.05, 4.69) is 28.1 Å². The molecular weight excluding hydrogens is 280 g/mol.